The molecule has 1 aromatic carbocycles. The Balaban J connectivity index is 2.35. The van der Waals surface area contributed by atoms with E-state index in [0.717, 1.165) is 0 Å². The molecule has 0 aromatic heterocycles. The largest absolute Gasteiger partial charge is 0.302 e. The average molecular weight is 260 g/mol. The fraction of sp³-hybridized carbons (Fsp3) is 0.154. The van der Waals surface area contributed by atoms with Crippen LogP contribution in [0, 0.1) is 0 Å². The van der Waals surface area contributed by atoms with Gasteiger partial charge in [0.15, 0.2) is 5.11 Å². The third kappa shape index (κ3) is 2.17. The molecule has 1 N–H and O–H groups in total. The second-order valence-electron chi connectivity index (χ2n) is 3.88. The molecule has 0 spiro atoms. The molecule has 5 heteroatoms. The first kappa shape index (κ1) is 12.4. The van der Waals surface area contributed by atoms with Crippen LogP contribution in [-0.4, -0.2) is 28.4 Å². The summed E-state index contributed by atoms with van der Waals surface area (Å²) in [5.41, 5.74) is 0.663. The van der Waals surface area contributed by atoms with Crippen LogP contribution >= 0.6 is 12.2 Å². The second kappa shape index (κ2) is 5.10. The number of nitrogens with one attached hydrogen (secondary N) is 1. The van der Waals surface area contributed by atoms with E-state index >= 15 is 0 Å². The van der Waals surface area contributed by atoms with E-state index in [9.17, 15) is 9.59 Å². The van der Waals surface area contributed by atoms with Gasteiger partial charge in [-0.2, -0.15) is 0 Å². The van der Waals surface area contributed by atoms with Gasteiger partial charge >= 0.3 is 0 Å². The first-order chi connectivity index (χ1) is 8.65. The van der Waals surface area contributed by atoms with E-state index in [-0.39, 0.29) is 16.9 Å². The molecule has 0 bridgehead atoms. The van der Waals surface area contributed by atoms with Crippen molar-refractivity contribution in [2.24, 2.45) is 0 Å². The standard InChI is InChI=1S/C13H12N2O2S/c1-2-8-15-12(17)10(11(16)14-13(15)18)9-6-4-3-5-7-9/h2-7,10H,1,8H2,(H,14,16,18)/t10-/m0/s1. The van der Waals surface area contributed by atoms with Crippen molar-refractivity contribution in [3.05, 3.63) is 48.6 Å². The lowest BCUT2D eigenvalue weighted by molar-refractivity contribution is -0.137. The summed E-state index contributed by atoms with van der Waals surface area (Å²) in [4.78, 5) is 25.5. The van der Waals surface area contributed by atoms with E-state index in [0.29, 0.717) is 12.1 Å². The van der Waals surface area contributed by atoms with Gasteiger partial charge in [-0.1, -0.05) is 36.4 Å². The number of amides is 2. The molecular formula is C13H12N2O2S. The van der Waals surface area contributed by atoms with Crippen molar-refractivity contribution in [1.82, 2.24) is 10.2 Å². The first-order valence-corrected chi connectivity index (χ1v) is 5.88. The summed E-state index contributed by atoms with van der Waals surface area (Å²) >= 11 is 4.97. The van der Waals surface area contributed by atoms with Crippen LogP contribution in [0.2, 0.25) is 0 Å². The molecule has 0 aliphatic carbocycles. The fourth-order valence-electron chi connectivity index (χ4n) is 1.85. The SMILES string of the molecule is C=CCN1C(=O)[C@@H](c2ccccc2)C(=O)NC1=S. The maximum absolute atomic E-state index is 12.3. The number of rotatable bonds is 3. The Kier molecular flexibility index (Phi) is 3.53. The number of hydrogen-bond acceptors (Lipinski definition) is 3. The third-order valence-electron chi connectivity index (χ3n) is 2.70. The Bertz CT molecular complexity index is 513. The van der Waals surface area contributed by atoms with Gasteiger partial charge in [0.05, 0.1) is 0 Å². The van der Waals surface area contributed by atoms with E-state index in [1.807, 2.05) is 6.07 Å². The lowest BCUT2D eigenvalue weighted by Gasteiger charge is -2.31. The monoisotopic (exact) mass is 260 g/mol. The topological polar surface area (TPSA) is 49.4 Å². The summed E-state index contributed by atoms with van der Waals surface area (Å²) in [5, 5.41) is 2.68. The summed E-state index contributed by atoms with van der Waals surface area (Å²) < 4.78 is 0. The molecule has 1 atom stereocenters. The van der Waals surface area contributed by atoms with Crippen molar-refractivity contribution in [2.45, 2.75) is 5.92 Å². The normalized spacial score (nSPS) is 19.7. The summed E-state index contributed by atoms with van der Waals surface area (Å²) in [6.45, 7) is 3.87. The minimum absolute atomic E-state index is 0.136. The molecule has 92 valence electrons. The van der Waals surface area contributed by atoms with Gasteiger partial charge in [-0.25, -0.2) is 0 Å². The second-order valence-corrected chi connectivity index (χ2v) is 4.26. The van der Waals surface area contributed by atoms with Crippen LogP contribution in [-0.2, 0) is 9.59 Å². The number of carbonyl (C=O) groups is 2. The van der Waals surface area contributed by atoms with E-state index in [2.05, 4.69) is 11.9 Å². The number of nitrogens with zero attached hydrogens (tertiary/aromatic N) is 1. The Hall–Kier alpha value is -2.01. The molecule has 1 fully saturated rings. The number of benzene rings is 1. The van der Waals surface area contributed by atoms with Crippen molar-refractivity contribution in [3.63, 3.8) is 0 Å². The van der Waals surface area contributed by atoms with Gasteiger partial charge in [0.25, 0.3) is 0 Å². The summed E-state index contributed by atoms with van der Waals surface area (Å²) in [5.74, 6) is -1.52. The Morgan fingerprint density at radius 2 is 2.00 bits per heavy atom. The lowest BCUT2D eigenvalue weighted by atomic mass is 9.95. The zero-order valence-corrected chi connectivity index (χ0v) is 10.4. The number of hydrogen-bond donors (Lipinski definition) is 1. The smallest absolute Gasteiger partial charge is 0.246 e. The lowest BCUT2D eigenvalue weighted by Crippen LogP contribution is -2.56. The van der Waals surface area contributed by atoms with Gasteiger partial charge in [-0.3, -0.25) is 14.5 Å². The molecule has 0 unspecified atom stereocenters. The van der Waals surface area contributed by atoms with E-state index in [1.54, 1.807) is 30.3 Å². The van der Waals surface area contributed by atoms with E-state index in [4.69, 9.17) is 12.2 Å². The zero-order valence-electron chi connectivity index (χ0n) is 9.63. The maximum Gasteiger partial charge on any atom is 0.246 e. The predicted molar refractivity (Wildman–Crippen MR) is 71.8 cm³/mol. The fourth-order valence-corrected chi connectivity index (χ4v) is 2.12. The average Bonchev–Trinajstić information content (AvgIpc) is 2.35. The van der Waals surface area contributed by atoms with Gasteiger partial charge in [0, 0.05) is 6.54 Å². The molecule has 2 rings (SSSR count). The van der Waals surface area contributed by atoms with Crippen LogP contribution in [0.1, 0.15) is 11.5 Å². The van der Waals surface area contributed by atoms with Crippen LogP contribution in [0.25, 0.3) is 0 Å². The van der Waals surface area contributed by atoms with Crippen molar-refractivity contribution in [3.8, 4) is 0 Å². The minimum atomic E-state index is -0.835. The highest BCUT2D eigenvalue weighted by Gasteiger charge is 2.38. The molecule has 18 heavy (non-hydrogen) atoms. The quantitative estimate of drug-likeness (QED) is 0.505. The molecule has 1 aromatic rings. The van der Waals surface area contributed by atoms with Crippen molar-refractivity contribution in [1.29, 1.82) is 0 Å². The van der Waals surface area contributed by atoms with Crippen LogP contribution in [0.5, 0.6) is 0 Å². The number of thiocarbonyl (C=S) groups is 1. The predicted octanol–water partition coefficient (Wildman–Crippen LogP) is 1.20. The van der Waals surface area contributed by atoms with E-state index < -0.39 is 5.92 Å². The van der Waals surface area contributed by atoms with Crippen molar-refractivity contribution in [2.75, 3.05) is 6.54 Å². The third-order valence-corrected chi connectivity index (χ3v) is 3.02. The number of carbonyl (C=O) groups excluding carboxylic acids is 2. The molecule has 1 saturated heterocycles. The van der Waals surface area contributed by atoms with Gasteiger partial charge in [0.2, 0.25) is 11.8 Å². The Morgan fingerprint density at radius 3 is 2.61 bits per heavy atom. The Morgan fingerprint density at radius 1 is 1.33 bits per heavy atom. The van der Waals surface area contributed by atoms with Gasteiger partial charge in [-0.15, -0.1) is 6.58 Å². The molecular weight excluding hydrogens is 248 g/mol. The van der Waals surface area contributed by atoms with Gasteiger partial charge < -0.3 is 5.32 Å². The highest BCUT2D eigenvalue weighted by atomic mass is 32.1. The molecule has 4 nitrogen and oxygen atoms in total. The zero-order chi connectivity index (χ0) is 13.1. The van der Waals surface area contributed by atoms with E-state index in [1.165, 1.54) is 4.90 Å². The Labute approximate surface area is 110 Å². The highest BCUT2D eigenvalue weighted by molar-refractivity contribution is 7.80. The molecule has 0 saturated carbocycles. The van der Waals surface area contributed by atoms with Gasteiger partial charge in [0.1, 0.15) is 5.92 Å². The van der Waals surface area contributed by atoms with Crippen LogP contribution in [0.15, 0.2) is 43.0 Å². The van der Waals surface area contributed by atoms with Crippen molar-refractivity contribution >= 4 is 29.1 Å². The molecule has 2 amide bonds. The molecule has 1 aliphatic rings. The minimum Gasteiger partial charge on any atom is -0.302 e. The summed E-state index contributed by atoms with van der Waals surface area (Å²) in [7, 11) is 0. The molecule has 0 radical (unpaired) electrons. The van der Waals surface area contributed by atoms with Crippen LogP contribution in [0.3, 0.4) is 0 Å². The van der Waals surface area contributed by atoms with Crippen molar-refractivity contribution < 1.29 is 9.59 Å². The van der Waals surface area contributed by atoms with Crippen LogP contribution in [0.4, 0.5) is 0 Å². The maximum atomic E-state index is 12.3. The molecule has 1 aliphatic heterocycles. The van der Waals surface area contributed by atoms with Gasteiger partial charge in [-0.05, 0) is 17.8 Å². The first-order valence-electron chi connectivity index (χ1n) is 5.47. The summed E-state index contributed by atoms with van der Waals surface area (Å²) in [6.07, 6.45) is 1.57. The van der Waals surface area contributed by atoms with Crippen LogP contribution < -0.4 is 5.32 Å². The summed E-state index contributed by atoms with van der Waals surface area (Å²) in [6, 6.07) is 8.92. The molecule has 1 heterocycles. The highest BCUT2D eigenvalue weighted by Crippen LogP contribution is 2.22.